The van der Waals surface area contributed by atoms with Gasteiger partial charge >= 0.3 is 5.76 Å². The molecule has 1 aromatic carbocycles. The van der Waals surface area contributed by atoms with Crippen LogP contribution in [-0.2, 0) is 20.0 Å². The Morgan fingerprint density at radius 1 is 1.12 bits per heavy atom. The quantitative estimate of drug-likeness (QED) is 0.727. The fourth-order valence-corrected chi connectivity index (χ4v) is 5.36. The first-order valence-corrected chi connectivity index (χ1v) is 11.0. The smallest absolute Gasteiger partial charge is 0.408 e. The summed E-state index contributed by atoms with van der Waals surface area (Å²) in [5.41, 5.74) is 0.505. The van der Waals surface area contributed by atoms with Gasteiger partial charge in [-0.1, -0.05) is 6.42 Å². The number of rotatable bonds is 6. The fraction of sp³-hybridized carbons (Fsp3) is 0.500. The molecule has 3 rings (SSSR count). The molecule has 11 heteroatoms. The van der Waals surface area contributed by atoms with Crippen molar-refractivity contribution >= 4 is 31.1 Å². The summed E-state index contributed by atoms with van der Waals surface area (Å²) in [5, 5.41) is 0. The summed E-state index contributed by atoms with van der Waals surface area (Å²) < 4.78 is 57.6. The van der Waals surface area contributed by atoms with Crippen molar-refractivity contribution in [3.8, 4) is 0 Å². The molecule has 1 saturated heterocycles. The second kappa shape index (κ2) is 6.90. The maximum atomic E-state index is 12.3. The maximum Gasteiger partial charge on any atom is 0.417 e. The molecule has 1 aromatic heterocycles. The van der Waals surface area contributed by atoms with Crippen LogP contribution >= 0.6 is 0 Å². The third-order valence-corrected chi connectivity index (χ3v) is 7.39. The van der Waals surface area contributed by atoms with Crippen molar-refractivity contribution < 1.29 is 21.3 Å². The number of nitrogens with one attached hydrogen (secondary N) is 2. The van der Waals surface area contributed by atoms with Gasteiger partial charge < -0.3 is 4.42 Å². The first-order valence-electron chi connectivity index (χ1n) is 7.88. The highest BCUT2D eigenvalue weighted by molar-refractivity contribution is 7.90. The summed E-state index contributed by atoms with van der Waals surface area (Å²) in [6.07, 6.45) is 2.66. The molecule has 25 heavy (non-hydrogen) atoms. The number of H-pyrrole nitrogens is 1. The van der Waals surface area contributed by atoms with Crippen molar-refractivity contribution in [3.05, 3.63) is 28.7 Å². The highest BCUT2D eigenvalue weighted by Crippen LogP contribution is 2.17. The first-order chi connectivity index (χ1) is 11.8. The molecule has 0 spiro atoms. The van der Waals surface area contributed by atoms with E-state index in [1.807, 2.05) is 0 Å². The Hall–Kier alpha value is -1.69. The standard InChI is InChI=1S/C14H19N3O6S2/c18-14-16-12-5-4-11(10-13(12)23-14)25(21,22)15-6-9-24(19,20)17-7-2-1-3-8-17/h4-5,10,15H,1-3,6-9H2,(H,16,18). The van der Waals surface area contributed by atoms with Crippen LogP contribution in [0.25, 0.3) is 11.1 Å². The van der Waals surface area contributed by atoms with Gasteiger partial charge in [0.15, 0.2) is 5.58 Å². The summed E-state index contributed by atoms with van der Waals surface area (Å²) in [5.74, 6) is -0.974. The van der Waals surface area contributed by atoms with Crippen LogP contribution in [0.5, 0.6) is 0 Å². The van der Waals surface area contributed by atoms with Gasteiger partial charge in [0.1, 0.15) is 0 Å². The van der Waals surface area contributed by atoms with Gasteiger partial charge in [0.25, 0.3) is 0 Å². The molecule has 138 valence electrons. The van der Waals surface area contributed by atoms with Crippen molar-refractivity contribution in [2.45, 2.75) is 24.2 Å². The lowest BCUT2D eigenvalue weighted by Gasteiger charge is -2.25. The van der Waals surface area contributed by atoms with Gasteiger partial charge in [-0.3, -0.25) is 4.98 Å². The van der Waals surface area contributed by atoms with E-state index in [0.29, 0.717) is 18.6 Å². The third-order valence-electron chi connectivity index (χ3n) is 4.06. The SMILES string of the molecule is O=c1[nH]c2ccc(S(=O)(=O)NCCS(=O)(=O)N3CCCCC3)cc2o1. The fourth-order valence-electron chi connectivity index (χ4n) is 2.75. The van der Waals surface area contributed by atoms with Crippen LogP contribution in [0.15, 0.2) is 32.3 Å². The molecule has 0 amide bonds. The van der Waals surface area contributed by atoms with E-state index < -0.39 is 25.8 Å². The number of nitrogens with zero attached hydrogens (tertiary/aromatic N) is 1. The van der Waals surface area contributed by atoms with E-state index in [2.05, 4.69) is 9.71 Å². The molecule has 0 unspecified atom stereocenters. The van der Waals surface area contributed by atoms with Crippen LogP contribution in [0.3, 0.4) is 0 Å². The van der Waals surface area contributed by atoms with Gasteiger partial charge in [-0.25, -0.2) is 30.7 Å². The van der Waals surface area contributed by atoms with E-state index in [9.17, 15) is 21.6 Å². The molecule has 2 heterocycles. The zero-order valence-electron chi connectivity index (χ0n) is 13.4. The molecule has 0 saturated carbocycles. The summed E-state index contributed by atoms with van der Waals surface area (Å²) in [4.78, 5) is 13.4. The molecule has 9 nitrogen and oxygen atoms in total. The zero-order valence-corrected chi connectivity index (χ0v) is 15.0. The highest BCUT2D eigenvalue weighted by Gasteiger charge is 2.24. The number of hydrogen-bond donors (Lipinski definition) is 2. The van der Waals surface area contributed by atoms with Gasteiger partial charge in [-0.05, 0) is 25.0 Å². The predicted octanol–water partition coefficient (Wildman–Crippen LogP) is 0.215. The monoisotopic (exact) mass is 389 g/mol. The van der Waals surface area contributed by atoms with E-state index in [4.69, 9.17) is 4.42 Å². The Balaban J connectivity index is 1.67. The molecular formula is C14H19N3O6S2. The normalized spacial score (nSPS) is 17.1. The van der Waals surface area contributed by atoms with Gasteiger partial charge in [-0.2, -0.15) is 0 Å². The number of aromatic nitrogens is 1. The first kappa shape index (κ1) is 18.1. The minimum atomic E-state index is -3.90. The minimum Gasteiger partial charge on any atom is -0.408 e. The van der Waals surface area contributed by atoms with Gasteiger partial charge in [-0.15, -0.1) is 0 Å². The van der Waals surface area contributed by atoms with Crippen molar-refractivity contribution in [1.82, 2.24) is 14.0 Å². The maximum absolute atomic E-state index is 12.3. The van der Waals surface area contributed by atoms with Crippen LogP contribution < -0.4 is 10.5 Å². The van der Waals surface area contributed by atoms with Crippen LogP contribution in [-0.4, -0.2) is 51.5 Å². The number of sulfonamides is 2. The summed E-state index contributed by atoms with van der Waals surface area (Å²) in [6.45, 7) is 0.743. The van der Waals surface area contributed by atoms with Crippen LogP contribution in [0.1, 0.15) is 19.3 Å². The molecule has 1 aliphatic rings. The van der Waals surface area contributed by atoms with Crippen molar-refractivity contribution in [2.75, 3.05) is 25.4 Å². The minimum absolute atomic E-state index is 0.0990. The lowest BCUT2D eigenvalue weighted by molar-refractivity contribution is 0.346. The highest BCUT2D eigenvalue weighted by atomic mass is 32.2. The van der Waals surface area contributed by atoms with Crippen molar-refractivity contribution in [1.29, 1.82) is 0 Å². The average Bonchev–Trinajstić information content (AvgIpc) is 2.94. The molecular weight excluding hydrogens is 370 g/mol. The Morgan fingerprint density at radius 2 is 1.84 bits per heavy atom. The van der Waals surface area contributed by atoms with E-state index in [0.717, 1.165) is 19.3 Å². The van der Waals surface area contributed by atoms with E-state index in [1.165, 1.54) is 22.5 Å². The zero-order chi connectivity index (χ0) is 18.1. The number of fused-ring (bicyclic) bond motifs is 1. The molecule has 1 aliphatic heterocycles. The lowest BCUT2D eigenvalue weighted by atomic mass is 10.2. The van der Waals surface area contributed by atoms with Crippen molar-refractivity contribution in [3.63, 3.8) is 0 Å². The molecule has 1 fully saturated rings. The average molecular weight is 389 g/mol. The van der Waals surface area contributed by atoms with Crippen LogP contribution in [0.2, 0.25) is 0 Å². The van der Waals surface area contributed by atoms with Crippen molar-refractivity contribution in [2.24, 2.45) is 0 Å². The van der Waals surface area contributed by atoms with Gasteiger partial charge in [0, 0.05) is 25.7 Å². The number of aromatic amines is 1. The number of hydrogen-bond acceptors (Lipinski definition) is 6. The summed E-state index contributed by atoms with van der Waals surface area (Å²) >= 11 is 0. The molecule has 2 aromatic rings. The van der Waals surface area contributed by atoms with Gasteiger partial charge in [0.2, 0.25) is 20.0 Å². The Bertz CT molecular complexity index is 1020. The largest absolute Gasteiger partial charge is 0.417 e. The predicted molar refractivity (Wildman–Crippen MR) is 91.2 cm³/mol. The molecule has 0 bridgehead atoms. The molecule has 2 N–H and O–H groups in total. The van der Waals surface area contributed by atoms with E-state index in [1.54, 1.807) is 0 Å². The third kappa shape index (κ3) is 4.11. The second-order valence-electron chi connectivity index (χ2n) is 5.85. The molecule has 0 aliphatic carbocycles. The number of piperidine rings is 1. The number of oxazole rings is 1. The molecule has 0 atom stereocenters. The Labute approximate surface area is 145 Å². The van der Waals surface area contributed by atoms with Crippen LogP contribution in [0.4, 0.5) is 0 Å². The topological polar surface area (TPSA) is 130 Å². The molecule has 0 radical (unpaired) electrons. The van der Waals surface area contributed by atoms with E-state index in [-0.39, 0.29) is 22.8 Å². The van der Waals surface area contributed by atoms with Gasteiger partial charge in [0.05, 0.1) is 16.2 Å². The summed E-state index contributed by atoms with van der Waals surface area (Å²) in [7, 11) is -7.38. The van der Waals surface area contributed by atoms with Crippen LogP contribution in [0, 0.1) is 0 Å². The Kier molecular flexibility index (Phi) is 5.00. The second-order valence-corrected chi connectivity index (χ2v) is 9.70. The van der Waals surface area contributed by atoms with E-state index >= 15 is 0 Å². The summed E-state index contributed by atoms with van der Waals surface area (Å²) in [6, 6.07) is 3.95. The Morgan fingerprint density at radius 3 is 2.56 bits per heavy atom. The lowest BCUT2D eigenvalue weighted by Crippen LogP contribution is -2.40. The number of benzene rings is 1.